The van der Waals surface area contributed by atoms with Crippen molar-refractivity contribution in [1.29, 1.82) is 0 Å². The number of aliphatic hydroxyl groups is 1. The smallest absolute Gasteiger partial charge is 0.119 e. The highest BCUT2D eigenvalue weighted by Crippen LogP contribution is 2.19. The van der Waals surface area contributed by atoms with E-state index in [2.05, 4.69) is 26.0 Å². The van der Waals surface area contributed by atoms with Crippen LogP contribution in [0.5, 0.6) is 5.75 Å². The van der Waals surface area contributed by atoms with Crippen LogP contribution >= 0.6 is 0 Å². The van der Waals surface area contributed by atoms with Gasteiger partial charge in [0.1, 0.15) is 5.75 Å². The van der Waals surface area contributed by atoms with Crippen molar-refractivity contribution in [2.24, 2.45) is 11.8 Å². The van der Waals surface area contributed by atoms with Gasteiger partial charge < -0.3 is 9.84 Å². The summed E-state index contributed by atoms with van der Waals surface area (Å²) in [7, 11) is 0. The lowest BCUT2D eigenvalue weighted by Gasteiger charge is -2.18. The van der Waals surface area contributed by atoms with Crippen LogP contribution < -0.4 is 4.74 Å². The molecule has 0 heterocycles. The summed E-state index contributed by atoms with van der Waals surface area (Å²) in [4.78, 5) is 0. The van der Waals surface area contributed by atoms with E-state index in [1.165, 1.54) is 5.56 Å². The van der Waals surface area contributed by atoms with Crippen molar-refractivity contribution >= 4 is 0 Å². The quantitative estimate of drug-likeness (QED) is 0.821. The van der Waals surface area contributed by atoms with Crippen LogP contribution in [0.15, 0.2) is 24.3 Å². The molecule has 1 unspecified atom stereocenters. The fourth-order valence-electron chi connectivity index (χ4n) is 1.79. The van der Waals surface area contributed by atoms with Gasteiger partial charge in [-0.25, -0.2) is 0 Å². The average Bonchev–Trinajstić information content (AvgIpc) is 2.26. The van der Waals surface area contributed by atoms with E-state index in [0.29, 0.717) is 11.8 Å². The predicted octanol–water partition coefficient (Wildman–Crippen LogP) is 3.28. The standard InChI is InChI=1S/C15H24O2/c1-11(2)14(10-16)9-13-5-7-15(8-6-13)17-12(3)4/h5-8,11-12,14,16H,9-10H2,1-4H3. The van der Waals surface area contributed by atoms with Crippen LogP contribution in [0, 0.1) is 11.8 Å². The lowest BCUT2D eigenvalue weighted by atomic mass is 9.90. The number of ether oxygens (including phenoxy) is 1. The first-order valence-electron chi connectivity index (χ1n) is 6.39. The predicted molar refractivity (Wildman–Crippen MR) is 71.3 cm³/mol. The van der Waals surface area contributed by atoms with Gasteiger partial charge in [0, 0.05) is 6.61 Å². The summed E-state index contributed by atoms with van der Waals surface area (Å²) in [5.74, 6) is 1.76. The molecule has 2 nitrogen and oxygen atoms in total. The van der Waals surface area contributed by atoms with Crippen LogP contribution in [-0.2, 0) is 6.42 Å². The maximum Gasteiger partial charge on any atom is 0.119 e. The zero-order chi connectivity index (χ0) is 12.8. The molecule has 2 heteroatoms. The first-order chi connectivity index (χ1) is 8.02. The highest BCUT2D eigenvalue weighted by atomic mass is 16.5. The summed E-state index contributed by atoms with van der Waals surface area (Å²) in [6.07, 6.45) is 1.14. The van der Waals surface area contributed by atoms with Crippen molar-refractivity contribution in [3.63, 3.8) is 0 Å². The van der Waals surface area contributed by atoms with Crippen LogP contribution in [0.3, 0.4) is 0 Å². The van der Waals surface area contributed by atoms with Crippen LogP contribution in [0.2, 0.25) is 0 Å². The Morgan fingerprint density at radius 3 is 2.06 bits per heavy atom. The van der Waals surface area contributed by atoms with E-state index >= 15 is 0 Å². The first-order valence-corrected chi connectivity index (χ1v) is 6.39. The molecule has 17 heavy (non-hydrogen) atoms. The number of rotatable bonds is 6. The van der Waals surface area contributed by atoms with Crippen molar-refractivity contribution < 1.29 is 9.84 Å². The van der Waals surface area contributed by atoms with Crippen molar-refractivity contribution in [2.75, 3.05) is 6.61 Å². The van der Waals surface area contributed by atoms with Gasteiger partial charge in [-0.05, 0) is 49.8 Å². The van der Waals surface area contributed by atoms with Gasteiger partial charge in [-0.15, -0.1) is 0 Å². The summed E-state index contributed by atoms with van der Waals surface area (Å²) >= 11 is 0. The molecule has 0 aliphatic rings. The fraction of sp³-hybridized carbons (Fsp3) is 0.600. The molecular weight excluding hydrogens is 212 g/mol. The minimum atomic E-state index is 0.210. The zero-order valence-corrected chi connectivity index (χ0v) is 11.3. The molecule has 0 spiro atoms. The Morgan fingerprint density at radius 1 is 1.06 bits per heavy atom. The second-order valence-electron chi connectivity index (χ2n) is 5.20. The summed E-state index contributed by atoms with van der Waals surface area (Å²) in [6, 6.07) is 8.18. The molecular formula is C15H24O2. The number of aliphatic hydroxyl groups excluding tert-OH is 1. The SMILES string of the molecule is CC(C)Oc1ccc(CC(CO)C(C)C)cc1. The highest BCUT2D eigenvalue weighted by molar-refractivity contribution is 5.27. The molecule has 1 N–H and O–H groups in total. The number of benzene rings is 1. The van der Waals surface area contributed by atoms with E-state index in [9.17, 15) is 5.11 Å². The molecule has 0 bridgehead atoms. The lowest BCUT2D eigenvalue weighted by Crippen LogP contribution is -2.16. The molecule has 1 rings (SSSR count). The molecule has 1 aromatic rings. The van der Waals surface area contributed by atoms with Crippen molar-refractivity contribution in [3.05, 3.63) is 29.8 Å². The monoisotopic (exact) mass is 236 g/mol. The van der Waals surface area contributed by atoms with Gasteiger partial charge in [0.15, 0.2) is 0 Å². The molecule has 0 aliphatic carbocycles. The molecule has 1 aromatic carbocycles. The van der Waals surface area contributed by atoms with Gasteiger partial charge in [-0.3, -0.25) is 0 Å². The molecule has 0 saturated heterocycles. The Balaban J connectivity index is 2.61. The van der Waals surface area contributed by atoms with E-state index in [1.807, 2.05) is 26.0 Å². The normalized spacial score (nSPS) is 13.1. The second kappa shape index (κ2) is 6.65. The Labute approximate surface area is 105 Å². The minimum Gasteiger partial charge on any atom is -0.491 e. The number of hydrogen-bond donors (Lipinski definition) is 1. The van der Waals surface area contributed by atoms with Crippen LogP contribution in [0.25, 0.3) is 0 Å². The van der Waals surface area contributed by atoms with E-state index in [4.69, 9.17) is 4.74 Å². The van der Waals surface area contributed by atoms with Crippen molar-refractivity contribution in [3.8, 4) is 5.75 Å². The van der Waals surface area contributed by atoms with Crippen LogP contribution in [0.1, 0.15) is 33.3 Å². The molecule has 0 amide bonds. The lowest BCUT2D eigenvalue weighted by molar-refractivity contribution is 0.189. The van der Waals surface area contributed by atoms with E-state index in [1.54, 1.807) is 0 Å². The Hall–Kier alpha value is -1.02. The van der Waals surface area contributed by atoms with Gasteiger partial charge >= 0.3 is 0 Å². The molecule has 1 atom stereocenters. The Bertz CT molecular complexity index is 314. The fourth-order valence-corrected chi connectivity index (χ4v) is 1.79. The summed E-state index contributed by atoms with van der Waals surface area (Å²) in [5.41, 5.74) is 1.26. The first kappa shape index (κ1) is 14.0. The van der Waals surface area contributed by atoms with Gasteiger partial charge in [0.05, 0.1) is 6.10 Å². The number of hydrogen-bond acceptors (Lipinski definition) is 2. The maximum absolute atomic E-state index is 9.31. The van der Waals surface area contributed by atoms with Crippen molar-refractivity contribution in [1.82, 2.24) is 0 Å². The van der Waals surface area contributed by atoms with Crippen molar-refractivity contribution in [2.45, 2.75) is 40.2 Å². The average molecular weight is 236 g/mol. The van der Waals surface area contributed by atoms with Gasteiger partial charge in [0.2, 0.25) is 0 Å². The Kier molecular flexibility index (Phi) is 5.49. The largest absolute Gasteiger partial charge is 0.491 e. The molecule has 0 saturated carbocycles. The molecule has 0 fully saturated rings. The van der Waals surface area contributed by atoms with Crippen LogP contribution in [0.4, 0.5) is 0 Å². The molecule has 0 aliphatic heterocycles. The zero-order valence-electron chi connectivity index (χ0n) is 11.3. The minimum absolute atomic E-state index is 0.210. The van der Waals surface area contributed by atoms with Crippen LogP contribution in [-0.4, -0.2) is 17.8 Å². The topological polar surface area (TPSA) is 29.5 Å². The Morgan fingerprint density at radius 2 is 1.65 bits per heavy atom. The van der Waals surface area contributed by atoms with Gasteiger partial charge in [-0.2, -0.15) is 0 Å². The summed E-state index contributed by atoms with van der Waals surface area (Å²) < 4.78 is 5.60. The summed E-state index contributed by atoms with van der Waals surface area (Å²) in [5, 5.41) is 9.31. The summed E-state index contributed by atoms with van der Waals surface area (Å²) in [6.45, 7) is 8.60. The van der Waals surface area contributed by atoms with Gasteiger partial charge in [0.25, 0.3) is 0 Å². The molecule has 0 aromatic heterocycles. The third-order valence-corrected chi connectivity index (χ3v) is 2.97. The third kappa shape index (κ3) is 4.78. The second-order valence-corrected chi connectivity index (χ2v) is 5.20. The van der Waals surface area contributed by atoms with E-state index in [-0.39, 0.29) is 12.7 Å². The van der Waals surface area contributed by atoms with Gasteiger partial charge in [-0.1, -0.05) is 26.0 Å². The third-order valence-electron chi connectivity index (χ3n) is 2.97. The molecule has 96 valence electrons. The molecule has 0 radical (unpaired) electrons. The van der Waals surface area contributed by atoms with E-state index in [0.717, 1.165) is 12.2 Å². The highest BCUT2D eigenvalue weighted by Gasteiger charge is 2.12. The van der Waals surface area contributed by atoms with E-state index < -0.39 is 0 Å². The maximum atomic E-state index is 9.31.